The Balaban J connectivity index is 1.49. The molecule has 2 aromatic heterocycles. The number of aromatic nitrogens is 2. The Hall–Kier alpha value is -3.58. The molecule has 6 nitrogen and oxygen atoms in total. The number of carbonyl (C=O) groups excluding carboxylic acids is 2. The van der Waals surface area contributed by atoms with E-state index >= 15 is 0 Å². The quantitative estimate of drug-likeness (QED) is 0.488. The highest BCUT2D eigenvalue weighted by atomic mass is 32.1. The van der Waals surface area contributed by atoms with Crippen LogP contribution in [0.3, 0.4) is 0 Å². The molecule has 0 fully saturated rings. The van der Waals surface area contributed by atoms with Crippen LogP contribution in [-0.4, -0.2) is 27.6 Å². The first-order chi connectivity index (χ1) is 14.5. The highest BCUT2D eigenvalue weighted by Gasteiger charge is 2.18. The van der Waals surface area contributed by atoms with Crippen LogP contribution >= 0.6 is 11.3 Å². The maximum Gasteiger partial charge on any atom is 0.258 e. The molecule has 0 saturated heterocycles. The van der Waals surface area contributed by atoms with Crippen molar-refractivity contribution in [3.8, 4) is 0 Å². The molecule has 150 valence electrons. The van der Waals surface area contributed by atoms with Crippen LogP contribution in [0.15, 0.2) is 70.8 Å². The van der Waals surface area contributed by atoms with Gasteiger partial charge in [0.05, 0.1) is 5.56 Å². The topological polar surface area (TPSA) is 80.5 Å². The summed E-state index contributed by atoms with van der Waals surface area (Å²) in [5, 5.41) is 4.73. The average Bonchev–Trinajstić information content (AvgIpc) is 3.16. The minimum absolute atomic E-state index is 0.126. The molecule has 0 unspecified atom stereocenters. The van der Waals surface area contributed by atoms with Crippen LogP contribution in [0, 0.1) is 6.92 Å². The van der Waals surface area contributed by atoms with E-state index in [9.17, 15) is 14.4 Å². The number of carbonyl (C=O) groups is 2. The summed E-state index contributed by atoms with van der Waals surface area (Å²) >= 11 is 1.40. The predicted octanol–water partition coefficient (Wildman–Crippen LogP) is 3.27. The summed E-state index contributed by atoms with van der Waals surface area (Å²) in [6, 6.07) is 17.1. The zero-order chi connectivity index (χ0) is 21.1. The summed E-state index contributed by atoms with van der Waals surface area (Å²) in [5.41, 5.74) is 2.57. The Kier molecular flexibility index (Phi) is 5.54. The number of benzene rings is 2. The number of hydrogen-bond donors (Lipinski definition) is 1. The Bertz CT molecular complexity index is 1290. The van der Waals surface area contributed by atoms with Gasteiger partial charge in [-0.15, -0.1) is 11.3 Å². The Morgan fingerprint density at radius 2 is 1.73 bits per heavy atom. The van der Waals surface area contributed by atoms with E-state index in [4.69, 9.17) is 0 Å². The second-order valence-corrected chi connectivity index (χ2v) is 7.66. The van der Waals surface area contributed by atoms with E-state index in [0.29, 0.717) is 40.3 Å². The van der Waals surface area contributed by atoms with Crippen LogP contribution in [0.1, 0.15) is 37.7 Å². The SMILES string of the molecule is Cc1cc(=O)n2c(CCNC(=O)c3ccccc3C(=O)c3ccccc3)csc2n1. The van der Waals surface area contributed by atoms with E-state index in [-0.39, 0.29) is 17.2 Å². The maximum absolute atomic E-state index is 12.8. The van der Waals surface area contributed by atoms with Crippen molar-refractivity contribution in [2.45, 2.75) is 13.3 Å². The van der Waals surface area contributed by atoms with Gasteiger partial charge in [0.1, 0.15) is 0 Å². The summed E-state index contributed by atoms with van der Waals surface area (Å²) in [6.45, 7) is 2.12. The minimum Gasteiger partial charge on any atom is -0.352 e. The van der Waals surface area contributed by atoms with E-state index in [2.05, 4.69) is 10.3 Å². The zero-order valence-corrected chi connectivity index (χ0v) is 17.1. The second-order valence-electron chi connectivity index (χ2n) is 6.83. The minimum atomic E-state index is -0.323. The lowest BCUT2D eigenvalue weighted by atomic mass is 9.98. The lowest BCUT2D eigenvalue weighted by Gasteiger charge is -2.10. The van der Waals surface area contributed by atoms with Gasteiger partial charge < -0.3 is 5.32 Å². The van der Waals surface area contributed by atoms with Crippen molar-refractivity contribution in [1.29, 1.82) is 0 Å². The summed E-state index contributed by atoms with van der Waals surface area (Å²) in [7, 11) is 0. The van der Waals surface area contributed by atoms with Gasteiger partial charge in [-0.2, -0.15) is 0 Å². The number of nitrogens with zero attached hydrogens (tertiary/aromatic N) is 2. The molecule has 1 N–H and O–H groups in total. The van der Waals surface area contributed by atoms with Crippen LogP contribution in [0.4, 0.5) is 0 Å². The average molecular weight is 417 g/mol. The van der Waals surface area contributed by atoms with Crippen molar-refractivity contribution in [2.24, 2.45) is 0 Å². The van der Waals surface area contributed by atoms with Gasteiger partial charge in [-0.25, -0.2) is 4.98 Å². The second kappa shape index (κ2) is 8.42. The van der Waals surface area contributed by atoms with Gasteiger partial charge >= 0.3 is 0 Å². The van der Waals surface area contributed by atoms with Crippen molar-refractivity contribution >= 4 is 28.0 Å². The first kappa shape index (κ1) is 19.7. The normalized spacial score (nSPS) is 10.8. The number of ketones is 1. The molecule has 0 spiro atoms. The van der Waals surface area contributed by atoms with Gasteiger partial charge in [-0.1, -0.05) is 48.5 Å². The molecule has 4 rings (SSSR count). The van der Waals surface area contributed by atoms with Crippen LogP contribution in [0.25, 0.3) is 4.96 Å². The molecule has 0 radical (unpaired) electrons. The Morgan fingerprint density at radius 1 is 1.03 bits per heavy atom. The number of nitrogens with one attached hydrogen (secondary N) is 1. The van der Waals surface area contributed by atoms with Crippen molar-refractivity contribution in [3.63, 3.8) is 0 Å². The number of rotatable bonds is 6. The molecular formula is C23H19N3O3S. The molecule has 2 heterocycles. The van der Waals surface area contributed by atoms with Gasteiger partial charge in [0.15, 0.2) is 10.7 Å². The van der Waals surface area contributed by atoms with E-state index < -0.39 is 0 Å². The Labute approximate surface area is 176 Å². The largest absolute Gasteiger partial charge is 0.352 e. The summed E-state index contributed by atoms with van der Waals surface area (Å²) in [5.74, 6) is -0.520. The van der Waals surface area contributed by atoms with E-state index in [1.165, 1.54) is 17.4 Å². The monoisotopic (exact) mass is 417 g/mol. The Morgan fingerprint density at radius 3 is 2.50 bits per heavy atom. The van der Waals surface area contributed by atoms with Gasteiger partial charge in [0.2, 0.25) is 0 Å². The molecule has 1 amide bonds. The molecule has 30 heavy (non-hydrogen) atoms. The molecule has 0 aliphatic carbocycles. The van der Waals surface area contributed by atoms with Crippen LogP contribution in [0.2, 0.25) is 0 Å². The first-order valence-electron chi connectivity index (χ1n) is 9.48. The molecular weight excluding hydrogens is 398 g/mol. The summed E-state index contributed by atoms with van der Waals surface area (Å²) in [6.07, 6.45) is 0.477. The molecule has 0 bridgehead atoms. The van der Waals surface area contributed by atoms with Gasteiger partial charge in [0, 0.05) is 46.9 Å². The third-order valence-electron chi connectivity index (χ3n) is 4.72. The van der Waals surface area contributed by atoms with Crippen LogP contribution < -0.4 is 10.9 Å². The van der Waals surface area contributed by atoms with Crippen molar-refractivity contribution in [3.05, 3.63) is 104 Å². The number of hydrogen-bond acceptors (Lipinski definition) is 5. The molecule has 0 aliphatic rings. The molecule has 0 atom stereocenters. The van der Waals surface area contributed by atoms with E-state index in [1.54, 1.807) is 59.9 Å². The maximum atomic E-state index is 12.8. The lowest BCUT2D eigenvalue weighted by molar-refractivity contribution is 0.0942. The number of fused-ring (bicyclic) bond motifs is 1. The smallest absolute Gasteiger partial charge is 0.258 e. The van der Waals surface area contributed by atoms with Crippen LogP contribution in [-0.2, 0) is 6.42 Å². The van der Waals surface area contributed by atoms with Crippen molar-refractivity contribution < 1.29 is 9.59 Å². The fourth-order valence-corrected chi connectivity index (χ4v) is 4.26. The van der Waals surface area contributed by atoms with E-state index in [0.717, 1.165) is 5.69 Å². The molecule has 0 saturated carbocycles. The molecule has 0 aliphatic heterocycles. The number of thiazole rings is 1. The highest BCUT2D eigenvalue weighted by molar-refractivity contribution is 7.15. The third-order valence-corrected chi connectivity index (χ3v) is 5.60. The fourth-order valence-electron chi connectivity index (χ4n) is 3.28. The van der Waals surface area contributed by atoms with Crippen molar-refractivity contribution in [2.75, 3.05) is 6.54 Å². The van der Waals surface area contributed by atoms with Gasteiger partial charge in [0.25, 0.3) is 11.5 Å². The summed E-state index contributed by atoms with van der Waals surface area (Å²) < 4.78 is 1.57. The predicted molar refractivity (Wildman–Crippen MR) is 116 cm³/mol. The van der Waals surface area contributed by atoms with E-state index in [1.807, 2.05) is 11.4 Å². The number of amides is 1. The zero-order valence-electron chi connectivity index (χ0n) is 16.3. The molecule has 7 heteroatoms. The van der Waals surface area contributed by atoms with Crippen molar-refractivity contribution in [1.82, 2.24) is 14.7 Å². The third kappa shape index (κ3) is 3.92. The number of aryl methyl sites for hydroxylation is 1. The standard InChI is InChI=1S/C23H19N3O3S/c1-15-13-20(27)26-17(14-30-23(26)25-15)11-12-24-22(29)19-10-6-5-9-18(19)21(28)16-7-3-2-4-8-16/h2-10,13-14H,11-12H2,1H3,(H,24,29). The summed E-state index contributed by atoms with van der Waals surface area (Å²) in [4.78, 5) is 42.8. The fraction of sp³-hybridized carbons (Fsp3) is 0.130. The lowest BCUT2D eigenvalue weighted by Crippen LogP contribution is -2.28. The van der Waals surface area contributed by atoms with Gasteiger partial charge in [-0.05, 0) is 13.0 Å². The molecule has 2 aromatic carbocycles. The van der Waals surface area contributed by atoms with Crippen LogP contribution in [0.5, 0.6) is 0 Å². The highest BCUT2D eigenvalue weighted by Crippen LogP contribution is 2.16. The first-order valence-corrected chi connectivity index (χ1v) is 10.4. The van der Waals surface area contributed by atoms with Gasteiger partial charge in [-0.3, -0.25) is 18.8 Å². The molecule has 4 aromatic rings.